The number of aliphatic hydroxyl groups excluding tert-OH is 1. The van der Waals surface area contributed by atoms with E-state index < -0.39 is 15.6 Å². The summed E-state index contributed by atoms with van der Waals surface area (Å²) in [6, 6.07) is 3.69. The lowest BCUT2D eigenvalue weighted by Gasteiger charge is -2.40. The van der Waals surface area contributed by atoms with E-state index in [0.29, 0.717) is 31.2 Å². The van der Waals surface area contributed by atoms with E-state index in [0.717, 1.165) is 6.42 Å². The summed E-state index contributed by atoms with van der Waals surface area (Å²) >= 11 is 0. The molecule has 112 valence electrons. The van der Waals surface area contributed by atoms with Crippen molar-refractivity contribution in [3.8, 4) is 0 Å². The average molecular weight is 300 g/mol. The maximum atomic E-state index is 12.2. The van der Waals surface area contributed by atoms with Gasteiger partial charge in [0, 0.05) is 6.04 Å². The first-order valence-corrected chi connectivity index (χ1v) is 8.48. The normalized spacial score (nSPS) is 21.6. The third-order valence-electron chi connectivity index (χ3n) is 4.01. The molecule has 7 heteroatoms. The summed E-state index contributed by atoms with van der Waals surface area (Å²) < 4.78 is 32.4. The van der Waals surface area contributed by atoms with Crippen molar-refractivity contribution in [3.05, 3.63) is 17.9 Å². The first kappa shape index (κ1) is 14.1. The van der Waals surface area contributed by atoms with Gasteiger partial charge in [-0.3, -0.25) is 0 Å². The topological polar surface area (TPSA) is 91.6 Å². The number of aliphatic hydroxyl groups is 1. The standard InChI is InChI=1S/C13H20N2O4S/c16-9-13(6-1-7-13)15-20(17,18)12-5-4-11(19-12)8-14-10-2-3-10/h4-5,10,14-16H,1-3,6-9H2. The van der Waals surface area contributed by atoms with Crippen LogP contribution in [0, 0.1) is 0 Å². The van der Waals surface area contributed by atoms with Gasteiger partial charge in [-0.15, -0.1) is 0 Å². The highest BCUT2D eigenvalue weighted by Crippen LogP contribution is 2.33. The third-order valence-corrected chi connectivity index (χ3v) is 5.46. The molecule has 0 aliphatic heterocycles. The Morgan fingerprint density at radius 1 is 1.35 bits per heavy atom. The molecule has 0 atom stereocenters. The largest absolute Gasteiger partial charge is 0.447 e. The van der Waals surface area contributed by atoms with Gasteiger partial charge < -0.3 is 14.8 Å². The number of sulfonamides is 1. The van der Waals surface area contributed by atoms with Crippen molar-refractivity contribution in [2.24, 2.45) is 0 Å². The van der Waals surface area contributed by atoms with Gasteiger partial charge in [-0.1, -0.05) is 0 Å². The molecule has 1 heterocycles. The Kier molecular flexibility index (Phi) is 3.62. The van der Waals surface area contributed by atoms with Gasteiger partial charge in [0.05, 0.1) is 18.7 Å². The first-order chi connectivity index (χ1) is 9.53. The second-order valence-electron chi connectivity index (χ2n) is 5.77. The highest BCUT2D eigenvalue weighted by molar-refractivity contribution is 7.89. The van der Waals surface area contributed by atoms with Crippen molar-refractivity contribution in [3.63, 3.8) is 0 Å². The van der Waals surface area contributed by atoms with Gasteiger partial charge in [0.25, 0.3) is 10.0 Å². The fourth-order valence-electron chi connectivity index (χ4n) is 2.36. The zero-order valence-corrected chi connectivity index (χ0v) is 12.1. The molecule has 6 nitrogen and oxygen atoms in total. The Hall–Kier alpha value is -0.890. The maximum absolute atomic E-state index is 12.2. The van der Waals surface area contributed by atoms with Crippen LogP contribution < -0.4 is 10.0 Å². The lowest BCUT2D eigenvalue weighted by Crippen LogP contribution is -2.55. The summed E-state index contributed by atoms with van der Waals surface area (Å²) in [5, 5.41) is 12.5. The molecule has 0 spiro atoms. The summed E-state index contributed by atoms with van der Waals surface area (Å²) in [5.41, 5.74) is -0.696. The van der Waals surface area contributed by atoms with E-state index in [9.17, 15) is 13.5 Å². The second-order valence-corrected chi connectivity index (χ2v) is 7.39. The van der Waals surface area contributed by atoms with Gasteiger partial charge in [-0.2, -0.15) is 0 Å². The van der Waals surface area contributed by atoms with Crippen LogP contribution in [-0.4, -0.2) is 31.7 Å². The van der Waals surface area contributed by atoms with Gasteiger partial charge in [-0.25, -0.2) is 13.1 Å². The smallest absolute Gasteiger partial charge is 0.274 e. The molecule has 2 saturated carbocycles. The number of hydrogen-bond acceptors (Lipinski definition) is 5. The Morgan fingerprint density at radius 3 is 2.65 bits per heavy atom. The second kappa shape index (κ2) is 5.14. The van der Waals surface area contributed by atoms with E-state index in [-0.39, 0.29) is 11.7 Å². The number of furan rings is 1. The van der Waals surface area contributed by atoms with Crippen LogP contribution in [0.5, 0.6) is 0 Å². The molecule has 2 aliphatic carbocycles. The molecule has 1 aromatic rings. The van der Waals surface area contributed by atoms with Crippen LogP contribution >= 0.6 is 0 Å². The molecule has 0 bridgehead atoms. The quantitative estimate of drug-likeness (QED) is 0.690. The third kappa shape index (κ3) is 2.90. The molecule has 20 heavy (non-hydrogen) atoms. The molecule has 0 aromatic carbocycles. The van der Waals surface area contributed by atoms with Gasteiger partial charge in [-0.05, 0) is 44.2 Å². The lowest BCUT2D eigenvalue weighted by molar-refractivity contribution is 0.110. The zero-order chi connectivity index (χ0) is 14.2. The highest BCUT2D eigenvalue weighted by Gasteiger charge is 2.41. The number of nitrogens with one attached hydrogen (secondary N) is 2. The minimum atomic E-state index is -3.70. The Bertz CT molecular complexity index is 567. The number of rotatable bonds is 7. The predicted octanol–water partition coefficient (Wildman–Crippen LogP) is 0.725. The molecule has 0 radical (unpaired) electrons. The summed E-state index contributed by atoms with van der Waals surface area (Å²) in [4.78, 5) is 0. The molecule has 0 saturated heterocycles. The monoisotopic (exact) mass is 300 g/mol. The molecule has 0 amide bonds. The van der Waals surface area contributed by atoms with Crippen LogP contribution in [0.25, 0.3) is 0 Å². The van der Waals surface area contributed by atoms with Crippen molar-refractivity contribution in [1.82, 2.24) is 10.0 Å². The molecule has 1 aromatic heterocycles. The maximum Gasteiger partial charge on any atom is 0.274 e. The molecule has 3 rings (SSSR count). The summed E-state index contributed by atoms with van der Waals surface area (Å²) in [5.74, 6) is 0.615. The fourth-order valence-corrected chi connectivity index (χ4v) is 3.76. The molecule has 0 unspecified atom stereocenters. The first-order valence-electron chi connectivity index (χ1n) is 7.00. The van der Waals surface area contributed by atoms with Gasteiger partial charge in [0.15, 0.2) is 0 Å². The molecular formula is C13H20N2O4S. The Morgan fingerprint density at radius 2 is 2.10 bits per heavy atom. The van der Waals surface area contributed by atoms with Crippen molar-refractivity contribution in [1.29, 1.82) is 0 Å². The van der Waals surface area contributed by atoms with Crippen LogP contribution in [0.4, 0.5) is 0 Å². The minimum Gasteiger partial charge on any atom is -0.447 e. The summed E-state index contributed by atoms with van der Waals surface area (Å²) in [6.45, 7) is 0.369. The van der Waals surface area contributed by atoms with Crippen LogP contribution in [-0.2, 0) is 16.6 Å². The average Bonchev–Trinajstić information content (AvgIpc) is 3.07. The van der Waals surface area contributed by atoms with Crippen molar-refractivity contribution < 1.29 is 17.9 Å². The highest BCUT2D eigenvalue weighted by atomic mass is 32.2. The van der Waals surface area contributed by atoms with E-state index in [4.69, 9.17) is 4.42 Å². The van der Waals surface area contributed by atoms with E-state index in [1.54, 1.807) is 6.07 Å². The Labute approximate surface area is 118 Å². The van der Waals surface area contributed by atoms with E-state index in [1.807, 2.05) is 0 Å². The minimum absolute atomic E-state index is 0.0789. The predicted molar refractivity (Wildman–Crippen MR) is 72.6 cm³/mol. The van der Waals surface area contributed by atoms with Crippen molar-refractivity contribution in [2.45, 2.75) is 55.3 Å². The molecule has 2 fully saturated rings. The summed E-state index contributed by atoms with van der Waals surface area (Å²) in [6.07, 6.45) is 4.61. The summed E-state index contributed by atoms with van der Waals surface area (Å²) in [7, 11) is -3.70. The zero-order valence-electron chi connectivity index (χ0n) is 11.3. The van der Waals surface area contributed by atoms with Gasteiger partial charge >= 0.3 is 0 Å². The van der Waals surface area contributed by atoms with Gasteiger partial charge in [0.1, 0.15) is 5.76 Å². The van der Waals surface area contributed by atoms with Crippen molar-refractivity contribution >= 4 is 10.0 Å². The molecule has 2 aliphatic rings. The van der Waals surface area contributed by atoms with Crippen molar-refractivity contribution in [2.75, 3.05) is 6.61 Å². The van der Waals surface area contributed by atoms with E-state index in [2.05, 4.69) is 10.0 Å². The van der Waals surface area contributed by atoms with Crippen LogP contribution in [0.2, 0.25) is 0 Å². The lowest BCUT2D eigenvalue weighted by atomic mass is 9.78. The SMILES string of the molecule is O=S(=O)(NC1(CO)CCC1)c1ccc(CNC2CC2)o1. The van der Waals surface area contributed by atoms with Crippen LogP contribution in [0.15, 0.2) is 21.6 Å². The van der Waals surface area contributed by atoms with Gasteiger partial charge in [0.2, 0.25) is 5.09 Å². The fraction of sp³-hybridized carbons (Fsp3) is 0.692. The number of hydrogen-bond donors (Lipinski definition) is 3. The van der Waals surface area contributed by atoms with Crippen LogP contribution in [0.3, 0.4) is 0 Å². The Balaban J connectivity index is 1.67. The van der Waals surface area contributed by atoms with E-state index >= 15 is 0 Å². The van der Waals surface area contributed by atoms with E-state index in [1.165, 1.54) is 18.9 Å². The molecule has 3 N–H and O–H groups in total. The molecular weight excluding hydrogens is 280 g/mol. The van der Waals surface area contributed by atoms with Crippen LogP contribution in [0.1, 0.15) is 37.9 Å².